The molecule has 2 heterocycles. The Bertz CT molecular complexity index is 897. The number of fused-ring (bicyclic) bond motifs is 2. The van der Waals surface area contributed by atoms with Gasteiger partial charge < -0.3 is 14.8 Å². The van der Waals surface area contributed by atoms with Crippen LogP contribution in [0.25, 0.3) is 0 Å². The highest BCUT2D eigenvalue weighted by Gasteiger charge is 2.26. The summed E-state index contributed by atoms with van der Waals surface area (Å²) in [6, 6.07) is 7.45. The van der Waals surface area contributed by atoms with Gasteiger partial charge in [0.25, 0.3) is 5.91 Å². The quantitative estimate of drug-likeness (QED) is 0.883. The third kappa shape index (κ3) is 3.04. The van der Waals surface area contributed by atoms with Crippen LogP contribution in [-0.2, 0) is 12.8 Å². The summed E-state index contributed by atoms with van der Waals surface area (Å²) in [5.41, 5.74) is 2.25. The molecule has 4 rings (SSSR count). The molecule has 0 saturated heterocycles. The van der Waals surface area contributed by atoms with E-state index in [2.05, 4.69) is 18.3 Å². The number of rotatable bonds is 3. The second-order valence-corrected chi connectivity index (χ2v) is 7.75. The third-order valence-corrected chi connectivity index (χ3v) is 6.26. The van der Waals surface area contributed by atoms with E-state index in [0.29, 0.717) is 46.8 Å². The molecule has 2 aromatic rings. The Balaban J connectivity index is 1.58. The zero-order valence-corrected chi connectivity index (χ0v) is 15.4. The Hall–Kier alpha value is -2.52. The molecule has 1 aromatic heterocycles. The molecule has 0 unspecified atom stereocenters. The van der Waals surface area contributed by atoms with E-state index >= 15 is 0 Å². The number of hydrogen-bond donors (Lipinski definition) is 1. The normalized spacial score (nSPS) is 17.9. The minimum atomic E-state index is -0.232. The number of nitriles is 1. The predicted octanol–water partition coefficient (Wildman–Crippen LogP) is 4.16. The SMILES string of the molecule is CC[C@@H]1CCc2c(sc(NC(=O)c3ccc4c(c3)OCCO4)c2C#N)C1. The maximum Gasteiger partial charge on any atom is 0.256 e. The monoisotopic (exact) mass is 368 g/mol. The zero-order chi connectivity index (χ0) is 18.1. The van der Waals surface area contributed by atoms with Crippen molar-refractivity contribution in [2.45, 2.75) is 32.6 Å². The maximum absolute atomic E-state index is 12.7. The standard InChI is InChI=1S/C20H20N2O3S/c1-2-12-3-5-14-15(11-21)20(26-18(14)9-12)22-19(23)13-4-6-16-17(10-13)25-8-7-24-16/h4,6,10,12H,2-3,5,7-9H2,1H3,(H,22,23)/t12-/m1/s1. The van der Waals surface area contributed by atoms with E-state index in [0.717, 1.165) is 31.2 Å². The highest BCUT2D eigenvalue weighted by molar-refractivity contribution is 7.16. The minimum absolute atomic E-state index is 0.232. The topological polar surface area (TPSA) is 71.3 Å². The van der Waals surface area contributed by atoms with E-state index in [1.54, 1.807) is 29.5 Å². The number of nitrogens with one attached hydrogen (secondary N) is 1. The summed E-state index contributed by atoms with van der Waals surface area (Å²) in [4.78, 5) is 13.9. The Labute approximate surface area is 156 Å². The number of amides is 1. The van der Waals surface area contributed by atoms with E-state index in [9.17, 15) is 10.1 Å². The van der Waals surface area contributed by atoms with Crippen molar-refractivity contribution >= 4 is 22.2 Å². The molecule has 1 aliphatic heterocycles. The van der Waals surface area contributed by atoms with Crippen molar-refractivity contribution in [3.05, 3.63) is 39.8 Å². The van der Waals surface area contributed by atoms with E-state index in [1.165, 1.54) is 4.88 Å². The van der Waals surface area contributed by atoms with Crippen LogP contribution in [0.4, 0.5) is 5.00 Å². The second kappa shape index (κ2) is 7.00. The van der Waals surface area contributed by atoms with Gasteiger partial charge in [-0.2, -0.15) is 5.26 Å². The van der Waals surface area contributed by atoms with Crippen molar-refractivity contribution in [3.63, 3.8) is 0 Å². The number of nitrogens with zero attached hydrogens (tertiary/aromatic N) is 1. The van der Waals surface area contributed by atoms with E-state index < -0.39 is 0 Å². The molecular formula is C20H20N2O3S. The summed E-state index contributed by atoms with van der Waals surface area (Å²) >= 11 is 1.55. The van der Waals surface area contributed by atoms with E-state index in [-0.39, 0.29) is 5.91 Å². The fourth-order valence-corrected chi connectivity index (χ4v) is 4.88. The van der Waals surface area contributed by atoms with Crippen LogP contribution in [-0.4, -0.2) is 19.1 Å². The largest absolute Gasteiger partial charge is 0.486 e. The van der Waals surface area contributed by atoms with Crippen LogP contribution >= 0.6 is 11.3 Å². The van der Waals surface area contributed by atoms with Crippen molar-refractivity contribution < 1.29 is 14.3 Å². The number of anilines is 1. The highest BCUT2D eigenvalue weighted by Crippen LogP contribution is 2.40. The summed E-state index contributed by atoms with van der Waals surface area (Å²) in [7, 11) is 0. The number of carbonyl (C=O) groups is 1. The molecule has 1 aromatic carbocycles. The number of ether oxygens (including phenoxy) is 2. The van der Waals surface area contributed by atoms with Gasteiger partial charge >= 0.3 is 0 Å². The van der Waals surface area contributed by atoms with Gasteiger partial charge in [0.1, 0.15) is 24.3 Å². The summed E-state index contributed by atoms with van der Waals surface area (Å²) < 4.78 is 11.0. The van der Waals surface area contributed by atoms with Crippen molar-refractivity contribution in [2.24, 2.45) is 5.92 Å². The average molecular weight is 368 g/mol. The molecule has 2 aliphatic rings. The van der Waals surface area contributed by atoms with Gasteiger partial charge in [0, 0.05) is 10.4 Å². The Morgan fingerprint density at radius 3 is 2.92 bits per heavy atom. The average Bonchev–Trinajstić information content (AvgIpc) is 3.03. The number of hydrogen-bond acceptors (Lipinski definition) is 5. The van der Waals surface area contributed by atoms with Crippen molar-refractivity contribution in [3.8, 4) is 17.6 Å². The molecule has 0 radical (unpaired) electrons. The van der Waals surface area contributed by atoms with Gasteiger partial charge in [0.15, 0.2) is 11.5 Å². The first-order valence-corrected chi connectivity index (χ1v) is 9.77. The van der Waals surface area contributed by atoms with Crippen molar-refractivity contribution in [1.82, 2.24) is 0 Å². The first-order chi connectivity index (χ1) is 12.7. The number of thiophene rings is 1. The molecule has 0 spiro atoms. The lowest BCUT2D eigenvalue weighted by molar-refractivity contribution is 0.102. The van der Waals surface area contributed by atoms with Gasteiger partial charge in [0.2, 0.25) is 0 Å². The summed E-state index contributed by atoms with van der Waals surface area (Å²) in [6.07, 6.45) is 4.20. The first-order valence-electron chi connectivity index (χ1n) is 8.95. The third-order valence-electron chi connectivity index (χ3n) is 5.09. The lowest BCUT2D eigenvalue weighted by Gasteiger charge is -2.20. The molecular weight excluding hydrogens is 348 g/mol. The summed E-state index contributed by atoms with van der Waals surface area (Å²) in [5.74, 6) is 1.68. The van der Waals surface area contributed by atoms with Crippen molar-refractivity contribution in [1.29, 1.82) is 5.26 Å². The summed E-state index contributed by atoms with van der Waals surface area (Å²) in [6.45, 7) is 3.20. The van der Waals surface area contributed by atoms with Crippen LogP contribution in [0.2, 0.25) is 0 Å². The smallest absolute Gasteiger partial charge is 0.256 e. The molecule has 0 bridgehead atoms. The Morgan fingerprint density at radius 1 is 1.35 bits per heavy atom. The lowest BCUT2D eigenvalue weighted by atomic mass is 9.86. The Kier molecular flexibility index (Phi) is 4.56. The number of benzene rings is 1. The van der Waals surface area contributed by atoms with Crippen LogP contribution in [0.5, 0.6) is 11.5 Å². The van der Waals surface area contributed by atoms with Crippen LogP contribution in [0.3, 0.4) is 0 Å². The van der Waals surface area contributed by atoms with E-state index in [1.807, 2.05) is 0 Å². The molecule has 0 saturated carbocycles. The molecule has 1 N–H and O–H groups in total. The van der Waals surface area contributed by atoms with Crippen LogP contribution in [0.1, 0.15) is 46.1 Å². The maximum atomic E-state index is 12.7. The molecule has 26 heavy (non-hydrogen) atoms. The van der Waals surface area contributed by atoms with Gasteiger partial charge in [-0.3, -0.25) is 4.79 Å². The van der Waals surface area contributed by atoms with Crippen LogP contribution in [0, 0.1) is 17.2 Å². The minimum Gasteiger partial charge on any atom is -0.486 e. The lowest BCUT2D eigenvalue weighted by Crippen LogP contribution is -2.17. The summed E-state index contributed by atoms with van der Waals surface area (Å²) in [5, 5.41) is 13.2. The Morgan fingerprint density at radius 2 is 2.15 bits per heavy atom. The van der Waals surface area contributed by atoms with Crippen LogP contribution < -0.4 is 14.8 Å². The van der Waals surface area contributed by atoms with Gasteiger partial charge in [-0.05, 0) is 48.9 Å². The molecule has 1 atom stereocenters. The number of carbonyl (C=O) groups excluding carboxylic acids is 1. The fourth-order valence-electron chi connectivity index (χ4n) is 3.57. The van der Waals surface area contributed by atoms with Gasteiger partial charge in [-0.25, -0.2) is 0 Å². The predicted molar refractivity (Wildman–Crippen MR) is 100 cm³/mol. The molecule has 134 valence electrons. The molecule has 1 amide bonds. The van der Waals surface area contributed by atoms with Gasteiger partial charge in [0.05, 0.1) is 5.56 Å². The first kappa shape index (κ1) is 16.9. The van der Waals surface area contributed by atoms with Gasteiger partial charge in [-0.15, -0.1) is 11.3 Å². The van der Waals surface area contributed by atoms with E-state index in [4.69, 9.17) is 9.47 Å². The molecule has 1 aliphatic carbocycles. The highest BCUT2D eigenvalue weighted by atomic mass is 32.1. The van der Waals surface area contributed by atoms with Crippen LogP contribution in [0.15, 0.2) is 18.2 Å². The molecule has 6 heteroatoms. The zero-order valence-electron chi connectivity index (χ0n) is 14.6. The van der Waals surface area contributed by atoms with Crippen molar-refractivity contribution in [2.75, 3.05) is 18.5 Å². The molecule has 5 nitrogen and oxygen atoms in total. The second-order valence-electron chi connectivity index (χ2n) is 6.65. The molecule has 0 fully saturated rings. The fraction of sp³-hybridized carbons (Fsp3) is 0.400. The van der Waals surface area contributed by atoms with Gasteiger partial charge in [-0.1, -0.05) is 13.3 Å².